The molecule has 0 aliphatic rings. The summed E-state index contributed by atoms with van der Waals surface area (Å²) < 4.78 is 34.4. The maximum absolute atomic E-state index is 12.9. The predicted molar refractivity (Wildman–Crippen MR) is 388 cm³/mol. The SMILES string of the molecule is CCCCCCC/C=C\C/C=C\C/C=C\CCCCCCCCCCCCCCCCCCC(=O)OC(COC(=O)CCCCCCCCCCCCCCCCCCCCCCCCCCCCCCCCCCCCC)COP(=O)([O-])OCC[N+](C)(C)C. The van der Waals surface area contributed by atoms with Crippen LogP contribution in [0, 0.1) is 0 Å². The molecule has 0 aliphatic carbocycles. The molecule has 2 atom stereocenters. The lowest BCUT2D eigenvalue weighted by molar-refractivity contribution is -0.870. The van der Waals surface area contributed by atoms with Gasteiger partial charge in [-0.3, -0.25) is 14.2 Å². The van der Waals surface area contributed by atoms with Crippen molar-refractivity contribution in [2.45, 2.75) is 418 Å². The number of carbonyl (C=O) groups is 2. The number of ether oxygens (including phenoxy) is 2. The molecule has 0 amide bonds. The molecule has 0 N–H and O–H groups in total. The van der Waals surface area contributed by atoms with Gasteiger partial charge in [0.25, 0.3) is 7.82 Å². The molecule has 0 aliphatic heterocycles. The van der Waals surface area contributed by atoms with Crippen molar-refractivity contribution in [3.63, 3.8) is 0 Å². The number of allylic oxidation sites excluding steroid dienone is 6. The van der Waals surface area contributed by atoms with Gasteiger partial charge < -0.3 is 27.9 Å². The monoisotopic (exact) mass is 1290 g/mol. The number of rotatable bonds is 75. The third-order valence-electron chi connectivity index (χ3n) is 18.2. The van der Waals surface area contributed by atoms with Crippen molar-refractivity contribution in [1.82, 2.24) is 0 Å². The molecule has 0 bridgehead atoms. The molecular formula is C80H154NO8P. The Morgan fingerprint density at radius 3 is 0.889 bits per heavy atom. The van der Waals surface area contributed by atoms with Gasteiger partial charge in [0.1, 0.15) is 19.8 Å². The van der Waals surface area contributed by atoms with Gasteiger partial charge in [-0.25, -0.2) is 0 Å². The molecule has 10 heteroatoms. The third kappa shape index (κ3) is 75.3. The van der Waals surface area contributed by atoms with Gasteiger partial charge in [0.15, 0.2) is 6.10 Å². The summed E-state index contributed by atoms with van der Waals surface area (Å²) in [5.41, 5.74) is 0. The standard InChI is InChI=1S/C80H154NO8P/c1-6-8-10-12-14-16-18-20-22-24-26-28-30-32-34-36-38-39-40-41-43-44-46-48-50-52-54-56-58-60-62-64-66-68-70-72-79(82)86-76-78(77-88-90(84,85)87-75-74-81(3,4)5)89-80(83)73-71-69-67-65-63-61-59-57-55-53-51-49-47-45-42-37-35-33-31-29-27-25-23-21-19-17-15-13-11-9-7-2/h19,21,25,27,31,33,78H,6-18,20,22-24,26,28-30,32,34-77H2,1-5H3/b21-19-,27-25-,33-31-. The average molecular weight is 1290 g/mol. The highest BCUT2D eigenvalue weighted by atomic mass is 31.2. The zero-order valence-electron chi connectivity index (χ0n) is 60.9. The normalized spacial score (nSPS) is 13.2. The van der Waals surface area contributed by atoms with Crippen LogP contribution >= 0.6 is 7.82 Å². The predicted octanol–water partition coefficient (Wildman–Crippen LogP) is 25.5. The molecular weight excluding hydrogens is 1130 g/mol. The Morgan fingerprint density at radius 1 is 0.344 bits per heavy atom. The summed E-state index contributed by atoms with van der Waals surface area (Å²) in [7, 11) is 1.19. The van der Waals surface area contributed by atoms with Gasteiger partial charge in [-0.1, -0.05) is 384 Å². The van der Waals surface area contributed by atoms with Crippen LogP contribution < -0.4 is 4.89 Å². The van der Waals surface area contributed by atoms with Crippen LogP contribution in [0.3, 0.4) is 0 Å². The summed E-state index contributed by atoms with van der Waals surface area (Å²) >= 11 is 0. The van der Waals surface area contributed by atoms with Crippen molar-refractivity contribution < 1.29 is 42.1 Å². The van der Waals surface area contributed by atoms with E-state index in [1.165, 1.54) is 327 Å². The van der Waals surface area contributed by atoms with E-state index in [9.17, 15) is 19.0 Å². The van der Waals surface area contributed by atoms with Crippen LogP contribution in [0.4, 0.5) is 0 Å². The van der Waals surface area contributed by atoms with Crippen LogP contribution in [-0.2, 0) is 32.7 Å². The highest BCUT2D eigenvalue weighted by Crippen LogP contribution is 2.38. The second-order valence-corrected chi connectivity index (χ2v) is 29.9. The molecule has 0 saturated carbocycles. The quantitative estimate of drug-likeness (QED) is 0.0195. The van der Waals surface area contributed by atoms with Crippen LogP contribution in [0.25, 0.3) is 0 Å². The Morgan fingerprint density at radius 2 is 0.600 bits per heavy atom. The summed E-state index contributed by atoms with van der Waals surface area (Å²) in [4.78, 5) is 38.2. The first kappa shape index (κ1) is 88.2. The van der Waals surface area contributed by atoms with E-state index in [0.29, 0.717) is 17.4 Å². The second kappa shape index (κ2) is 71.5. The van der Waals surface area contributed by atoms with E-state index in [2.05, 4.69) is 50.3 Å². The molecule has 0 fully saturated rings. The van der Waals surface area contributed by atoms with Gasteiger partial charge in [-0.2, -0.15) is 0 Å². The Hall–Kier alpha value is -1.77. The summed E-state index contributed by atoms with van der Waals surface area (Å²) in [6, 6.07) is 0. The molecule has 9 nitrogen and oxygen atoms in total. The summed E-state index contributed by atoms with van der Waals surface area (Å²) in [5.74, 6) is -0.809. The number of likely N-dealkylation sites (N-methyl/N-ethyl adjacent to an activating group) is 1. The third-order valence-corrected chi connectivity index (χ3v) is 19.1. The Balaban J connectivity index is 3.92. The second-order valence-electron chi connectivity index (χ2n) is 28.4. The van der Waals surface area contributed by atoms with Crippen LogP contribution in [0.1, 0.15) is 412 Å². The van der Waals surface area contributed by atoms with Gasteiger partial charge in [0.05, 0.1) is 27.7 Å². The van der Waals surface area contributed by atoms with Crippen LogP contribution in [0.2, 0.25) is 0 Å². The number of phosphoric acid groups is 1. The maximum Gasteiger partial charge on any atom is 0.306 e. The van der Waals surface area contributed by atoms with E-state index in [1.54, 1.807) is 0 Å². The van der Waals surface area contributed by atoms with Crippen LogP contribution in [0.15, 0.2) is 36.5 Å². The zero-order chi connectivity index (χ0) is 65.5. The van der Waals surface area contributed by atoms with E-state index >= 15 is 0 Å². The van der Waals surface area contributed by atoms with Crippen molar-refractivity contribution in [3.05, 3.63) is 36.5 Å². The highest BCUT2D eigenvalue weighted by molar-refractivity contribution is 7.45. The molecule has 0 rings (SSSR count). The van der Waals surface area contributed by atoms with Crippen LogP contribution in [-0.4, -0.2) is 70.0 Å². The van der Waals surface area contributed by atoms with Crippen molar-refractivity contribution in [2.75, 3.05) is 47.5 Å². The van der Waals surface area contributed by atoms with Gasteiger partial charge in [0.2, 0.25) is 0 Å². The van der Waals surface area contributed by atoms with Gasteiger partial charge in [0, 0.05) is 12.8 Å². The highest BCUT2D eigenvalue weighted by Gasteiger charge is 2.22. The maximum atomic E-state index is 12.9. The molecule has 2 unspecified atom stereocenters. The lowest BCUT2D eigenvalue weighted by Gasteiger charge is -2.28. The molecule has 0 aromatic rings. The number of quaternary nitrogens is 1. The lowest BCUT2D eigenvalue weighted by atomic mass is 10.0. The van der Waals surface area contributed by atoms with Gasteiger partial charge in [-0.05, 0) is 51.4 Å². The first-order valence-electron chi connectivity index (χ1n) is 39.7. The van der Waals surface area contributed by atoms with Gasteiger partial charge >= 0.3 is 11.9 Å². The lowest BCUT2D eigenvalue weighted by Crippen LogP contribution is -2.37. The first-order chi connectivity index (χ1) is 44.0. The molecule has 0 aromatic heterocycles. The Labute approximate surface area is 561 Å². The smallest absolute Gasteiger partial charge is 0.306 e. The molecule has 0 radical (unpaired) electrons. The van der Waals surface area contributed by atoms with E-state index in [0.717, 1.165) is 51.4 Å². The fraction of sp³-hybridized carbons (Fsp3) is 0.900. The zero-order valence-corrected chi connectivity index (χ0v) is 61.8. The Bertz CT molecular complexity index is 1610. The van der Waals surface area contributed by atoms with Crippen molar-refractivity contribution in [2.24, 2.45) is 0 Å². The Kier molecular flexibility index (Phi) is 70.1. The van der Waals surface area contributed by atoms with E-state index in [1.807, 2.05) is 21.1 Å². The minimum Gasteiger partial charge on any atom is -0.756 e. The summed E-state index contributed by atoms with van der Waals surface area (Å²) in [5, 5.41) is 0. The summed E-state index contributed by atoms with van der Waals surface area (Å²) in [6.07, 6.45) is 92.7. The fourth-order valence-electron chi connectivity index (χ4n) is 12.1. The minimum atomic E-state index is -4.64. The number of carbonyl (C=O) groups excluding carboxylic acids is 2. The van der Waals surface area contributed by atoms with E-state index < -0.39 is 26.5 Å². The van der Waals surface area contributed by atoms with Crippen molar-refractivity contribution in [1.29, 1.82) is 0 Å². The topological polar surface area (TPSA) is 111 Å². The van der Waals surface area contributed by atoms with Crippen molar-refractivity contribution >= 4 is 19.8 Å². The molecule has 0 spiro atoms. The number of unbranched alkanes of at least 4 members (excludes halogenated alkanes) is 55. The number of phosphoric ester groups is 1. The molecule has 90 heavy (non-hydrogen) atoms. The minimum absolute atomic E-state index is 0.0279. The largest absolute Gasteiger partial charge is 0.756 e. The molecule has 0 heterocycles. The number of hydrogen-bond acceptors (Lipinski definition) is 8. The molecule has 532 valence electrons. The molecule has 0 saturated heterocycles. The first-order valence-corrected chi connectivity index (χ1v) is 41.2. The van der Waals surface area contributed by atoms with Crippen molar-refractivity contribution in [3.8, 4) is 0 Å². The molecule has 0 aromatic carbocycles. The van der Waals surface area contributed by atoms with Gasteiger partial charge in [-0.15, -0.1) is 0 Å². The van der Waals surface area contributed by atoms with E-state index in [4.69, 9.17) is 18.5 Å². The number of hydrogen-bond donors (Lipinski definition) is 0. The van der Waals surface area contributed by atoms with E-state index in [-0.39, 0.29) is 32.0 Å². The average Bonchev–Trinajstić information content (AvgIpc) is 3.58. The number of nitrogens with zero attached hydrogens (tertiary/aromatic N) is 1. The fourth-order valence-corrected chi connectivity index (χ4v) is 12.8. The summed E-state index contributed by atoms with van der Waals surface area (Å²) in [6.45, 7) is 4.31. The van der Waals surface area contributed by atoms with Crippen LogP contribution in [0.5, 0.6) is 0 Å². The number of esters is 2.